The molecule has 0 aromatic carbocycles. The average Bonchev–Trinajstić information content (AvgIpc) is 3.38. The number of furan rings is 1. The molecule has 2 aromatic rings. The molecule has 3 rings (SSSR count). The monoisotopic (exact) mass is 388 g/mol. The minimum atomic E-state index is 0.122. The topological polar surface area (TPSA) is 79.9 Å². The van der Waals surface area contributed by atoms with Crippen molar-refractivity contribution in [2.24, 2.45) is 4.99 Å². The molecule has 0 spiro atoms. The van der Waals surface area contributed by atoms with Crippen LogP contribution in [0, 0.1) is 6.92 Å². The zero-order valence-electron chi connectivity index (χ0n) is 16.9. The molecule has 3 heterocycles. The normalized spacial score (nSPS) is 16.9. The molecule has 1 saturated heterocycles. The van der Waals surface area contributed by atoms with Crippen LogP contribution in [0.1, 0.15) is 30.9 Å². The Labute approximate surface area is 166 Å². The number of rotatable bonds is 9. The lowest BCUT2D eigenvalue weighted by atomic mass is 10.1. The predicted octanol–water partition coefficient (Wildman–Crippen LogP) is 1.80. The molecule has 1 atom stereocenters. The first kappa shape index (κ1) is 20.4. The lowest BCUT2D eigenvalue weighted by Crippen LogP contribution is -2.42. The molecule has 154 valence electrons. The molecule has 2 N–H and O–H groups in total. The van der Waals surface area contributed by atoms with E-state index in [2.05, 4.69) is 33.6 Å². The highest BCUT2D eigenvalue weighted by Gasteiger charge is 2.25. The highest BCUT2D eigenvalue weighted by atomic mass is 16.5. The first-order valence-corrected chi connectivity index (χ1v) is 10.1. The molecule has 1 aliphatic heterocycles. The van der Waals surface area contributed by atoms with E-state index in [-0.39, 0.29) is 6.04 Å². The van der Waals surface area contributed by atoms with Crippen LogP contribution in [-0.4, -0.2) is 66.6 Å². The Balaban J connectivity index is 1.58. The van der Waals surface area contributed by atoms with E-state index in [0.29, 0.717) is 6.54 Å². The number of hydrogen-bond donors (Lipinski definition) is 2. The van der Waals surface area contributed by atoms with Crippen molar-refractivity contribution < 1.29 is 9.15 Å². The highest BCUT2D eigenvalue weighted by Crippen LogP contribution is 2.24. The van der Waals surface area contributed by atoms with E-state index in [9.17, 15) is 0 Å². The summed E-state index contributed by atoms with van der Waals surface area (Å²) in [6, 6.07) is 6.15. The summed E-state index contributed by atoms with van der Waals surface area (Å²) in [4.78, 5) is 7.23. The van der Waals surface area contributed by atoms with Gasteiger partial charge in [0, 0.05) is 45.1 Å². The summed E-state index contributed by atoms with van der Waals surface area (Å²) in [7, 11) is 0. The highest BCUT2D eigenvalue weighted by molar-refractivity contribution is 5.79. The lowest BCUT2D eigenvalue weighted by Gasteiger charge is -2.32. The lowest BCUT2D eigenvalue weighted by molar-refractivity contribution is 0.0135. The molecule has 1 unspecified atom stereocenters. The molecule has 8 heteroatoms. The Hall–Kier alpha value is -2.32. The zero-order chi connectivity index (χ0) is 19.6. The Morgan fingerprint density at radius 3 is 2.82 bits per heavy atom. The van der Waals surface area contributed by atoms with Gasteiger partial charge in [-0.25, -0.2) is 0 Å². The van der Waals surface area contributed by atoms with Crippen molar-refractivity contribution in [3.63, 3.8) is 0 Å². The number of aryl methyl sites for hydroxylation is 2. The van der Waals surface area contributed by atoms with Crippen LogP contribution in [0.15, 0.2) is 40.0 Å². The van der Waals surface area contributed by atoms with E-state index in [1.165, 1.54) is 0 Å². The van der Waals surface area contributed by atoms with Gasteiger partial charge in [-0.05, 0) is 38.5 Å². The van der Waals surface area contributed by atoms with Crippen molar-refractivity contribution in [2.75, 3.05) is 45.9 Å². The number of nitrogens with zero attached hydrogens (tertiary/aromatic N) is 4. The average molecular weight is 389 g/mol. The van der Waals surface area contributed by atoms with Crippen molar-refractivity contribution in [2.45, 2.75) is 32.9 Å². The van der Waals surface area contributed by atoms with Crippen LogP contribution in [0.2, 0.25) is 0 Å². The third-order valence-corrected chi connectivity index (χ3v) is 4.76. The van der Waals surface area contributed by atoms with Crippen LogP contribution in [0.25, 0.3) is 0 Å². The number of hydrogen-bond acceptors (Lipinski definition) is 5. The second-order valence-corrected chi connectivity index (χ2v) is 6.88. The van der Waals surface area contributed by atoms with Crippen molar-refractivity contribution >= 4 is 5.96 Å². The van der Waals surface area contributed by atoms with Crippen molar-refractivity contribution in [3.8, 4) is 0 Å². The summed E-state index contributed by atoms with van der Waals surface area (Å²) >= 11 is 0. The largest absolute Gasteiger partial charge is 0.465 e. The molecule has 8 nitrogen and oxygen atoms in total. The van der Waals surface area contributed by atoms with Crippen LogP contribution in [-0.2, 0) is 11.3 Å². The number of nitrogens with one attached hydrogen (secondary N) is 2. The van der Waals surface area contributed by atoms with E-state index >= 15 is 0 Å². The van der Waals surface area contributed by atoms with Gasteiger partial charge >= 0.3 is 0 Å². The fourth-order valence-corrected chi connectivity index (χ4v) is 3.31. The molecular formula is C20H32N6O2. The van der Waals surface area contributed by atoms with Crippen LogP contribution in [0.5, 0.6) is 0 Å². The van der Waals surface area contributed by atoms with E-state index in [1.807, 2.05) is 29.9 Å². The molecule has 2 aromatic heterocycles. The predicted molar refractivity (Wildman–Crippen MR) is 109 cm³/mol. The van der Waals surface area contributed by atoms with E-state index in [1.54, 1.807) is 6.20 Å². The maximum atomic E-state index is 5.93. The van der Waals surface area contributed by atoms with Gasteiger partial charge in [-0.3, -0.25) is 14.6 Å². The maximum absolute atomic E-state index is 5.93. The number of guanidine groups is 1. The Morgan fingerprint density at radius 1 is 1.29 bits per heavy atom. The van der Waals surface area contributed by atoms with Crippen LogP contribution in [0.3, 0.4) is 0 Å². The zero-order valence-corrected chi connectivity index (χ0v) is 16.9. The standard InChI is InChI=1S/C20H32N6O2/c1-3-21-20(22-8-4-10-26-11-5-9-24-26)23-16-18(19-7-6-17(2)28-19)25-12-14-27-15-13-25/h5-7,9,11,18H,3-4,8,10,12-16H2,1-2H3,(H2,21,22,23). The first-order chi connectivity index (χ1) is 13.8. The van der Waals surface area contributed by atoms with Gasteiger partial charge < -0.3 is 19.8 Å². The third kappa shape index (κ3) is 6.10. The van der Waals surface area contributed by atoms with Gasteiger partial charge in [-0.15, -0.1) is 0 Å². The minimum absolute atomic E-state index is 0.122. The fraction of sp³-hybridized carbons (Fsp3) is 0.600. The molecule has 28 heavy (non-hydrogen) atoms. The van der Waals surface area contributed by atoms with Gasteiger partial charge in [0.05, 0.1) is 25.8 Å². The van der Waals surface area contributed by atoms with Gasteiger partial charge in [0.15, 0.2) is 5.96 Å². The molecule has 0 radical (unpaired) electrons. The van der Waals surface area contributed by atoms with Crippen LogP contribution >= 0.6 is 0 Å². The number of ether oxygens (including phenoxy) is 1. The summed E-state index contributed by atoms with van der Waals surface area (Å²) in [5.41, 5.74) is 0. The number of morpholine rings is 1. The van der Waals surface area contributed by atoms with E-state index in [0.717, 1.165) is 69.8 Å². The van der Waals surface area contributed by atoms with E-state index < -0.39 is 0 Å². The quantitative estimate of drug-likeness (QED) is 0.387. The summed E-state index contributed by atoms with van der Waals surface area (Å²) in [5, 5.41) is 11.0. The minimum Gasteiger partial charge on any atom is -0.465 e. The molecular weight excluding hydrogens is 356 g/mol. The van der Waals surface area contributed by atoms with Crippen LogP contribution in [0.4, 0.5) is 0 Å². The second kappa shape index (κ2) is 10.9. The molecule has 0 bridgehead atoms. The summed E-state index contributed by atoms with van der Waals surface area (Å²) in [6.45, 7) is 10.6. The maximum Gasteiger partial charge on any atom is 0.191 e. The van der Waals surface area contributed by atoms with Crippen LogP contribution < -0.4 is 10.6 Å². The Bertz CT molecular complexity index is 706. The van der Waals surface area contributed by atoms with Crippen molar-refractivity contribution in [3.05, 3.63) is 42.1 Å². The Kier molecular flexibility index (Phi) is 7.93. The number of aromatic nitrogens is 2. The van der Waals surface area contributed by atoms with E-state index in [4.69, 9.17) is 14.1 Å². The first-order valence-electron chi connectivity index (χ1n) is 10.1. The summed E-state index contributed by atoms with van der Waals surface area (Å²) < 4.78 is 13.4. The van der Waals surface area contributed by atoms with Gasteiger partial charge in [0.25, 0.3) is 0 Å². The van der Waals surface area contributed by atoms with Gasteiger partial charge in [-0.2, -0.15) is 5.10 Å². The number of aliphatic imine (C=N–C) groups is 1. The third-order valence-electron chi connectivity index (χ3n) is 4.76. The second-order valence-electron chi connectivity index (χ2n) is 6.88. The fourth-order valence-electron chi connectivity index (χ4n) is 3.31. The molecule has 0 saturated carbocycles. The summed E-state index contributed by atoms with van der Waals surface area (Å²) in [5.74, 6) is 2.74. The molecule has 0 amide bonds. The molecule has 1 aliphatic rings. The molecule has 1 fully saturated rings. The SMILES string of the molecule is CCNC(=NCC(c1ccc(C)o1)N1CCOCC1)NCCCn1cccn1. The van der Waals surface area contributed by atoms with Crippen molar-refractivity contribution in [1.29, 1.82) is 0 Å². The van der Waals surface area contributed by atoms with Gasteiger partial charge in [0.1, 0.15) is 11.5 Å². The van der Waals surface area contributed by atoms with Crippen molar-refractivity contribution in [1.82, 2.24) is 25.3 Å². The Morgan fingerprint density at radius 2 is 2.14 bits per heavy atom. The van der Waals surface area contributed by atoms with Gasteiger partial charge in [-0.1, -0.05) is 0 Å². The molecule has 0 aliphatic carbocycles. The smallest absolute Gasteiger partial charge is 0.191 e. The van der Waals surface area contributed by atoms with Gasteiger partial charge in [0.2, 0.25) is 0 Å². The summed E-state index contributed by atoms with van der Waals surface area (Å²) in [6.07, 6.45) is 4.77.